The van der Waals surface area contributed by atoms with Gasteiger partial charge in [-0.3, -0.25) is 9.59 Å². The number of fused-ring (bicyclic) bond motifs is 2. The van der Waals surface area contributed by atoms with E-state index in [1.54, 1.807) is 17.4 Å². The Balaban J connectivity index is 1.72. The van der Waals surface area contributed by atoms with Gasteiger partial charge in [0.25, 0.3) is 0 Å². The Hall–Kier alpha value is -2.40. The van der Waals surface area contributed by atoms with Gasteiger partial charge in [0.05, 0.1) is 5.41 Å². The predicted octanol–water partition coefficient (Wildman–Crippen LogP) is 4.77. The van der Waals surface area contributed by atoms with Crippen LogP contribution in [0.2, 0.25) is 0 Å². The lowest BCUT2D eigenvalue weighted by atomic mass is 9.91. The highest BCUT2D eigenvalue weighted by molar-refractivity contribution is 7.24. The van der Waals surface area contributed by atoms with E-state index in [4.69, 9.17) is 9.47 Å². The zero-order chi connectivity index (χ0) is 18.7. The molecule has 0 aliphatic rings. The van der Waals surface area contributed by atoms with Crippen LogP contribution in [0, 0.1) is 5.41 Å². The molecule has 0 spiro atoms. The summed E-state index contributed by atoms with van der Waals surface area (Å²) in [5.41, 5.74) is -0.473. The minimum atomic E-state index is -0.483. The van der Waals surface area contributed by atoms with Crippen molar-refractivity contribution >= 4 is 37.5 Å². The van der Waals surface area contributed by atoms with Crippen molar-refractivity contribution < 1.29 is 14.3 Å². The molecule has 136 valence electrons. The van der Waals surface area contributed by atoms with Crippen molar-refractivity contribution in [2.75, 3.05) is 13.2 Å². The lowest BCUT2D eigenvalue weighted by Crippen LogP contribution is -2.27. The number of carbonyl (C=O) groups excluding carboxylic acids is 1. The van der Waals surface area contributed by atoms with Gasteiger partial charge in [-0.2, -0.15) is 0 Å². The maximum Gasteiger partial charge on any atom is 0.311 e. The van der Waals surface area contributed by atoms with E-state index in [-0.39, 0.29) is 24.6 Å². The summed E-state index contributed by atoms with van der Waals surface area (Å²) in [6.07, 6.45) is 0.721. The van der Waals surface area contributed by atoms with E-state index in [2.05, 4.69) is 0 Å². The SMILES string of the molecule is CCC(C)(C)C(=O)OCCOc1ccc2sc3ccccc3c(=O)c2c1. The minimum Gasteiger partial charge on any atom is -0.490 e. The van der Waals surface area contributed by atoms with Gasteiger partial charge in [0, 0.05) is 20.2 Å². The van der Waals surface area contributed by atoms with Crippen LogP contribution in [0.25, 0.3) is 20.2 Å². The highest BCUT2D eigenvalue weighted by Gasteiger charge is 2.26. The van der Waals surface area contributed by atoms with Crippen LogP contribution in [-0.4, -0.2) is 19.2 Å². The Labute approximate surface area is 156 Å². The molecule has 0 unspecified atom stereocenters. The van der Waals surface area contributed by atoms with Crippen LogP contribution in [0.5, 0.6) is 5.75 Å². The molecule has 0 N–H and O–H groups in total. The molecule has 0 aliphatic heterocycles. The lowest BCUT2D eigenvalue weighted by Gasteiger charge is -2.20. The van der Waals surface area contributed by atoms with Crippen LogP contribution >= 0.6 is 11.3 Å². The van der Waals surface area contributed by atoms with E-state index < -0.39 is 5.41 Å². The third-order valence-electron chi connectivity index (χ3n) is 4.57. The molecule has 1 aromatic heterocycles. The Morgan fingerprint density at radius 1 is 1.04 bits per heavy atom. The number of rotatable bonds is 6. The van der Waals surface area contributed by atoms with E-state index in [0.717, 1.165) is 21.2 Å². The Kier molecular flexibility index (Phi) is 5.28. The molecule has 0 bridgehead atoms. The van der Waals surface area contributed by atoms with Crippen LogP contribution in [-0.2, 0) is 9.53 Å². The molecular formula is C21H22O4S. The summed E-state index contributed by atoms with van der Waals surface area (Å²) in [6.45, 7) is 6.12. The van der Waals surface area contributed by atoms with Crippen molar-refractivity contribution in [2.24, 2.45) is 5.41 Å². The van der Waals surface area contributed by atoms with Gasteiger partial charge in [0.15, 0.2) is 5.43 Å². The molecule has 4 nitrogen and oxygen atoms in total. The number of hydrogen-bond acceptors (Lipinski definition) is 5. The normalized spacial score (nSPS) is 11.7. The van der Waals surface area contributed by atoms with Crippen molar-refractivity contribution in [3.05, 3.63) is 52.7 Å². The molecule has 0 saturated heterocycles. The Morgan fingerprint density at radius 3 is 2.54 bits per heavy atom. The van der Waals surface area contributed by atoms with Gasteiger partial charge in [-0.1, -0.05) is 19.1 Å². The summed E-state index contributed by atoms with van der Waals surface area (Å²) in [5.74, 6) is 0.375. The zero-order valence-electron chi connectivity index (χ0n) is 15.2. The van der Waals surface area contributed by atoms with Crippen molar-refractivity contribution in [1.82, 2.24) is 0 Å². The van der Waals surface area contributed by atoms with Gasteiger partial charge in [0.1, 0.15) is 19.0 Å². The summed E-state index contributed by atoms with van der Waals surface area (Å²) >= 11 is 1.59. The van der Waals surface area contributed by atoms with Gasteiger partial charge in [-0.25, -0.2) is 0 Å². The monoisotopic (exact) mass is 370 g/mol. The third-order valence-corrected chi connectivity index (χ3v) is 5.72. The highest BCUT2D eigenvalue weighted by atomic mass is 32.1. The third kappa shape index (κ3) is 3.73. The van der Waals surface area contributed by atoms with Crippen molar-refractivity contribution in [3.63, 3.8) is 0 Å². The first kappa shape index (κ1) is 18.4. The summed E-state index contributed by atoms with van der Waals surface area (Å²) in [6, 6.07) is 13.1. The molecule has 0 fully saturated rings. The number of esters is 1. The largest absolute Gasteiger partial charge is 0.490 e. The minimum absolute atomic E-state index is 0.0101. The average molecular weight is 370 g/mol. The molecule has 5 heteroatoms. The number of ether oxygens (including phenoxy) is 2. The first-order valence-corrected chi connectivity index (χ1v) is 9.49. The molecule has 1 heterocycles. The Bertz CT molecular complexity index is 1000. The summed E-state index contributed by atoms with van der Waals surface area (Å²) < 4.78 is 12.8. The van der Waals surface area contributed by atoms with Crippen LogP contribution in [0.15, 0.2) is 47.3 Å². The van der Waals surface area contributed by atoms with Crippen LogP contribution in [0.1, 0.15) is 27.2 Å². The van der Waals surface area contributed by atoms with Gasteiger partial charge >= 0.3 is 5.97 Å². The molecular weight excluding hydrogens is 348 g/mol. The topological polar surface area (TPSA) is 52.6 Å². The first-order valence-electron chi connectivity index (χ1n) is 8.68. The van der Waals surface area contributed by atoms with E-state index in [9.17, 15) is 9.59 Å². The second-order valence-electron chi connectivity index (χ2n) is 6.81. The molecule has 0 atom stereocenters. The standard InChI is InChI=1S/C21H22O4S/c1-4-21(2,3)20(23)25-12-11-24-14-9-10-18-16(13-14)19(22)15-7-5-6-8-17(15)26-18/h5-10,13H,4,11-12H2,1-3H3. The molecule has 0 aliphatic carbocycles. The van der Waals surface area contributed by atoms with Gasteiger partial charge in [-0.15, -0.1) is 11.3 Å². The van der Waals surface area contributed by atoms with E-state index in [1.165, 1.54) is 0 Å². The van der Waals surface area contributed by atoms with Gasteiger partial charge in [0.2, 0.25) is 0 Å². The quantitative estimate of drug-likeness (QED) is 0.356. The fourth-order valence-corrected chi connectivity index (χ4v) is 3.56. The summed E-state index contributed by atoms with van der Waals surface area (Å²) in [4.78, 5) is 24.6. The summed E-state index contributed by atoms with van der Waals surface area (Å²) in [5, 5.41) is 1.37. The van der Waals surface area contributed by atoms with Gasteiger partial charge < -0.3 is 9.47 Å². The average Bonchev–Trinajstić information content (AvgIpc) is 2.65. The molecule has 0 radical (unpaired) electrons. The van der Waals surface area contributed by atoms with E-state index in [1.807, 2.05) is 57.2 Å². The number of hydrogen-bond donors (Lipinski definition) is 0. The van der Waals surface area contributed by atoms with Gasteiger partial charge in [-0.05, 0) is 50.6 Å². The molecule has 3 rings (SSSR count). The molecule has 2 aromatic carbocycles. The molecule has 0 amide bonds. The fraction of sp³-hybridized carbons (Fsp3) is 0.333. The van der Waals surface area contributed by atoms with Crippen molar-refractivity contribution in [3.8, 4) is 5.75 Å². The fourth-order valence-electron chi connectivity index (χ4n) is 2.51. The van der Waals surface area contributed by atoms with E-state index >= 15 is 0 Å². The highest BCUT2D eigenvalue weighted by Crippen LogP contribution is 2.27. The smallest absolute Gasteiger partial charge is 0.311 e. The maximum atomic E-state index is 12.7. The first-order chi connectivity index (χ1) is 12.4. The Morgan fingerprint density at radius 2 is 1.77 bits per heavy atom. The molecule has 0 saturated carbocycles. The van der Waals surface area contributed by atoms with E-state index in [0.29, 0.717) is 11.1 Å². The second kappa shape index (κ2) is 7.46. The number of benzene rings is 2. The second-order valence-corrected chi connectivity index (χ2v) is 7.89. The molecule has 26 heavy (non-hydrogen) atoms. The molecule has 3 aromatic rings. The summed E-state index contributed by atoms with van der Waals surface area (Å²) in [7, 11) is 0. The maximum absolute atomic E-state index is 12.7. The zero-order valence-corrected chi connectivity index (χ0v) is 16.0. The lowest BCUT2D eigenvalue weighted by molar-refractivity contribution is -0.154. The number of carbonyl (C=O) groups is 1. The van der Waals surface area contributed by atoms with Crippen LogP contribution < -0.4 is 10.2 Å². The van der Waals surface area contributed by atoms with Crippen molar-refractivity contribution in [1.29, 1.82) is 0 Å². The van der Waals surface area contributed by atoms with Crippen LogP contribution in [0.3, 0.4) is 0 Å². The predicted molar refractivity (Wildman–Crippen MR) is 106 cm³/mol. The van der Waals surface area contributed by atoms with Crippen LogP contribution in [0.4, 0.5) is 0 Å². The van der Waals surface area contributed by atoms with Crippen molar-refractivity contribution in [2.45, 2.75) is 27.2 Å².